The van der Waals surface area contributed by atoms with Crippen molar-refractivity contribution in [2.45, 2.75) is 277 Å². The van der Waals surface area contributed by atoms with E-state index in [4.69, 9.17) is 4.74 Å². The Hall–Kier alpha value is -3.48. The van der Waals surface area contributed by atoms with Gasteiger partial charge in [0, 0.05) is 6.42 Å². The van der Waals surface area contributed by atoms with Crippen LogP contribution < -0.4 is 5.32 Å². The van der Waals surface area contributed by atoms with E-state index in [2.05, 4.69) is 135 Å². The Bertz CT molecular complexity index is 1420. The summed E-state index contributed by atoms with van der Waals surface area (Å²) < 4.78 is 5.90. The molecule has 400 valence electrons. The van der Waals surface area contributed by atoms with Gasteiger partial charge in [-0.15, -0.1) is 0 Å². The van der Waals surface area contributed by atoms with Gasteiger partial charge in [0.15, 0.2) is 0 Å². The minimum atomic E-state index is -0.820. The minimum absolute atomic E-state index is 0.0108. The van der Waals surface area contributed by atoms with Gasteiger partial charge in [-0.05, 0) is 103 Å². The summed E-state index contributed by atoms with van der Waals surface area (Å²) in [6.07, 6.45) is 77.3. The molecule has 0 aliphatic heterocycles. The van der Waals surface area contributed by atoms with Crippen molar-refractivity contribution in [2.24, 2.45) is 0 Å². The van der Waals surface area contributed by atoms with Gasteiger partial charge >= 0.3 is 5.97 Å². The van der Waals surface area contributed by atoms with Gasteiger partial charge < -0.3 is 20.3 Å². The lowest BCUT2D eigenvalue weighted by molar-refractivity contribution is -0.151. The molecule has 0 radical (unpaired) electrons. The van der Waals surface area contributed by atoms with E-state index >= 15 is 0 Å². The monoisotopic (exact) mass is 972 g/mol. The van der Waals surface area contributed by atoms with Crippen LogP contribution in [0, 0.1) is 0 Å². The molecular formula is C64H109NO5. The highest BCUT2D eigenvalue weighted by Crippen LogP contribution is 2.17. The molecule has 1 amide bonds. The zero-order valence-corrected chi connectivity index (χ0v) is 45.6. The van der Waals surface area contributed by atoms with Crippen LogP contribution in [0.15, 0.2) is 109 Å². The predicted octanol–water partition coefficient (Wildman–Crippen LogP) is 18.2. The van der Waals surface area contributed by atoms with Crippen molar-refractivity contribution in [3.8, 4) is 0 Å². The van der Waals surface area contributed by atoms with Crippen LogP contribution in [0.5, 0.6) is 0 Å². The van der Waals surface area contributed by atoms with E-state index in [1.807, 2.05) is 0 Å². The van der Waals surface area contributed by atoms with Crippen LogP contribution in [0.1, 0.15) is 258 Å². The molecule has 6 heteroatoms. The van der Waals surface area contributed by atoms with Crippen LogP contribution >= 0.6 is 0 Å². The smallest absolute Gasteiger partial charge is 0.306 e. The molecule has 0 saturated carbocycles. The molecule has 0 rings (SSSR count). The molecule has 0 aromatic rings. The van der Waals surface area contributed by atoms with Crippen LogP contribution in [0.2, 0.25) is 0 Å². The lowest BCUT2D eigenvalue weighted by Crippen LogP contribution is -2.46. The molecule has 0 fully saturated rings. The summed E-state index contributed by atoms with van der Waals surface area (Å²) in [5.74, 6) is -0.601. The molecule has 6 nitrogen and oxygen atoms in total. The highest BCUT2D eigenvalue weighted by molar-refractivity contribution is 5.77. The first-order valence-electron chi connectivity index (χ1n) is 29.1. The van der Waals surface area contributed by atoms with E-state index in [9.17, 15) is 19.8 Å². The second kappa shape index (κ2) is 56.4. The maximum Gasteiger partial charge on any atom is 0.306 e. The van der Waals surface area contributed by atoms with Gasteiger partial charge in [0.25, 0.3) is 0 Å². The summed E-state index contributed by atoms with van der Waals surface area (Å²) in [6, 6.07) is -0.739. The fourth-order valence-corrected chi connectivity index (χ4v) is 8.22. The van der Waals surface area contributed by atoms with Crippen LogP contribution in [-0.2, 0) is 14.3 Å². The quantitative estimate of drug-likeness (QED) is 0.0321. The molecule has 0 aliphatic carbocycles. The van der Waals surface area contributed by atoms with E-state index in [0.717, 1.165) is 89.9 Å². The lowest BCUT2D eigenvalue weighted by Gasteiger charge is -2.24. The van der Waals surface area contributed by atoms with Gasteiger partial charge in [-0.3, -0.25) is 9.59 Å². The second-order valence-electron chi connectivity index (χ2n) is 19.3. The summed E-state index contributed by atoms with van der Waals surface area (Å²) in [7, 11) is 0. The van der Waals surface area contributed by atoms with Crippen LogP contribution in [0.25, 0.3) is 0 Å². The van der Waals surface area contributed by atoms with Gasteiger partial charge in [0.05, 0.1) is 25.2 Å². The van der Waals surface area contributed by atoms with Gasteiger partial charge in [-0.1, -0.05) is 252 Å². The molecular weight excluding hydrogens is 863 g/mol. The number of aliphatic hydroxyl groups excluding tert-OH is 2. The minimum Gasteiger partial charge on any atom is -0.462 e. The normalized spacial score (nSPS) is 14.0. The number of carbonyl (C=O) groups is 2. The molecule has 3 N–H and O–H groups in total. The number of hydrogen-bond acceptors (Lipinski definition) is 5. The summed E-state index contributed by atoms with van der Waals surface area (Å²) in [5.41, 5.74) is 0. The molecule has 0 heterocycles. The van der Waals surface area contributed by atoms with Gasteiger partial charge in [0.2, 0.25) is 5.91 Å². The maximum atomic E-state index is 13.3. The molecule has 0 aliphatic rings. The van der Waals surface area contributed by atoms with Crippen molar-refractivity contribution >= 4 is 11.9 Å². The van der Waals surface area contributed by atoms with Crippen molar-refractivity contribution in [2.75, 3.05) is 6.61 Å². The van der Waals surface area contributed by atoms with Crippen LogP contribution in [-0.4, -0.2) is 46.9 Å². The Labute approximate surface area is 432 Å². The molecule has 0 bridgehead atoms. The number of esters is 1. The second-order valence-corrected chi connectivity index (χ2v) is 19.3. The Morgan fingerprint density at radius 3 is 1.20 bits per heavy atom. The largest absolute Gasteiger partial charge is 0.462 e. The van der Waals surface area contributed by atoms with Gasteiger partial charge in [-0.25, -0.2) is 0 Å². The van der Waals surface area contributed by atoms with E-state index in [-0.39, 0.29) is 24.9 Å². The number of rotatable bonds is 51. The number of ether oxygens (including phenoxy) is 1. The topological polar surface area (TPSA) is 95.9 Å². The zero-order chi connectivity index (χ0) is 50.9. The van der Waals surface area contributed by atoms with E-state index in [0.29, 0.717) is 25.7 Å². The summed E-state index contributed by atoms with van der Waals surface area (Å²) >= 11 is 0. The Morgan fingerprint density at radius 1 is 0.429 bits per heavy atom. The molecule has 70 heavy (non-hydrogen) atoms. The number of unbranched alkanes of at least 4 members (excludes halogenated alkanes) is 21. The average molecular weight is 973 g/mol. The predicted molar refractivity (Wildman–Crippen MR) is 305 cm³/mol. The third-order valence-electron chi connectivity index (χ3n) is 12.6. The van der Waals surface area contributed by atoms with Crippen molar-refractivity contribution < 1.29 is 24.5 Å². The highest BCUT2D eigenvalue weighted by atomic mass is 16.5. The standard InChI is InChI=1S/C64H109NO5/c1-4-7-10-13-16-19-22-25-28-31-34-37-40-43-46-49-52-55-60(70-64(69)57-54-51-48-45-42-39-36-33-30-27-24-21-18-15-12-9-6-3)58-63(68)65-61(59-66)62(67)56-53-50-47-44-41-38-35-32-29-26-23-20-17-14-11-8-5-2/h7,10,16,18-19,21,25,27-28,30,34,36-37,39,43,45-46,48,60-62,66-67H,4-6,8-9,11-15,17,20,22-24,26,29,31-33,35,38,40-42,44,47,49-59H2,1-3H3,(H,65,68)/b10-7-,19-16-,21-18-,28-25-,30-27-,37-34-,39-36-,46-43-,48-45-. The Kier molecular flexibility index (Phi) is 53.6. The molecule has 0 spiro atoms. The summed E-state index contributed by atoms with van der Waals surface area (Å²) in [6.45, 7) is 6.33. The average Bonchev–Trinajstić information content (AvgIpc) is 3.35. The fourth-order valence-electron chi connectivity index (χ4n) is 8.22. The molecule has 0 aromatic carbocycles. The first-order valence-corrected chi connectivity index (χ1v) is 29.1. The third kappa shape index (κ3) is 50.9. The molecule has 3 unspecified atom stereocenters. The van der Waals surface area contributed by atoms with E-state index in [1.165, 1.54) is 116 Å². The van der Waals surface area contributed by atoms with Gasteiger partial charge in [0.1, 0.15) is 6.10 Å². The fraction of sp³-hybridized carbons (Fsp3) is 0.688. The van der Waals surface area contributed by atoms with Crippen molar-refractivity contribution in [1.29, 1.82) is 0 Å². The van der Waals surface area contributed by atoms with E-state index < -0.39 is 18.2 Å². The lowest BCUT2D eigenvalue weighted by atomic mass is 10.0. The maximum absolute atomic E-state index is 13.3. The number of allylic oxidation sites excluding steroid dienone is 18. The summed E-state index contributed by atoms with van der Waals surface area (Å²) in [5, 5.41) is 23.9. The SMILES string of the molecule is CC/C=C\C/C=C\C/C=C\C/C=C\C/C=C\CCCC(CC(=O)NC(CO)C(O)CCCCCCCCCCCCCCCCCCC)OC(=O)CCC/C=C\C/C=C\C/C=C\C/C=C\CCCCC. The van der Waals surface area contributed by atoms with E-state index in [1.54, 1.807) is 0 Å². The number of carbonyl (C=O) groups excluding carboxylic acids is 2. The molecule has 0 aromatic heterocycles. The highest BCUT2D eigenvalue weighted by Gasteiger charge is 2.24. The third-order valence-corrected chi connectivity index (χ3v) is 12.6. The van der Waals surface area contributed by atoms with Crippen molar-refractivity contribution in [3.05, 3.63) is 109 Å². The van der Waals surface area contributed by atoms with Crippen LogP contribution in [0.4, 0.5) is 0 Å². The number of aliphatic hydroxyl groups is 2. The van der Waals surface area contributed by atoms with Crippen LogP contribution in [0.3, 0.4) is 0 Å². The number of nitrogens with one attached hydrogen (secondary N) is 1. The number of hydrogen-bond donors (Lipinski definition) is 3. The van der Waals surface area contributed by atoms with Gasteiger partial charge in [-0.2, -0.15) is 0 Å². The van der Waals surface area contributed by atoms with Crippen molar-refractivity contribution in [3.63, 3.8) is 0 Å². The first-order chi connectivity index (χ1) is 34.5. The molecule has 3 atom stereocenters. The Balaban J connectivity index is 4.74. The summed E-state index contributed by atoms with van der Waals surface area (Å²) in [4.78, 5) is 26.3. The zero-order valence-electron chi connectivity index (χ0n) is 45.6. The Morgan fingerprint density at radius 2 is 0.786 bits per heavy atom. The first kappa shape index (κ1) is 66.5. The number of amides is 1. The molecule has 0 saturated heterocycles. The van der Waals surface area contributed by atoms with Crippen molar-refractivity contribution in [1.82, 2.24) is 5.32 Å².